The van der Waals surface area contributed by atoms with Crippen molar-refractivity contribution in [3.05, 3.63) is 64.7 Å². The molecule has 2 aliphatic rings. The summed E-state index contributed by atoms with van der Waals surface area (Å²) in [6, 6.07) is 14.6. The number of nitrogens with zero attached hydrogens (tertiary/aromatic N) is 3. The standard InChI is InChI=1S/C25H28ClN3O3/c1-17(2)32-21-10-6-19(7-11-21)22-23(26)25(31)29(24(22)30)20-8-4-18(5-9-20)16-28-14-12-27(3)13-15-28/h4-11,17H,12-16H2,1-3H3. The van der Waals surface area contributed by atoms with Crippen LogP contribution in [0.25, 0.3) is 5.57 Å². The molecule has 0 unspecified atom stereocenters. The molecule has 0 N–H and O–H groups in total. The van der Waals surface area contributed by atoms with Crippen molar-refractivity contribution in [2.24, 2.45) is 0 Å². The molecular formula is C25H28ClN3O3. The van der Waals surface area contributed by atoms with Crippen LogP contribution in [0.5, 0.6) is 5.75 Å². The molecule has 1 saturated heterocycles. The van der Waals surface area contributed by atoms with Crippen molar-refractivity contribution in [2.75, 3.05) is 38.1 Å². The van der Waals surface area contributed by atoms with Crippen molar-refractivity contribution < 1.29 is 14.3 Å². The van der Waals surface area contributed by atoms with Crippen molar-refractivity contribution in [2.45, 2.75) is 26.5 Å². The number of piperazine rings is 1. The summed E-state index contributed by atoms with van der Waals surface area (Å²) >= 11 is 6.32. The van der Waals surface area contributed by atoms with Gasteiger partial charge in [0, 0.05) is 32.7 Å². The molecule has 0 aromatic heterocycles. The second kappa shape index (κ2) is 9.45. The summed E-state index contributed by atoms with van der Waals surface area (Å²) in [7, 11) is 2.14. The topological polar surface area (TPSA) is 53.1 Å². The van der Waals surface area contributed by atoms with Gasteiger partial charge >= 0.3 is 0 Å². The fourth-order valence-corrected chi connectivity index (χ4v) is 4.25. The highest BCUT2D eigenvalue weighted by atomic mass is 35.5. The first kappa shape index (κ1) is 22.5. The number of carbonyl (C=O) groups excluding carboxylic acids is 2. The first-order valence-corrected chi connectivity index (χ1v) is 11.3. The van der Waals surface area contributed by atoms with Crippen LogP contribution in [0.2, 0.25) is 0 Å². The quantitative estimate of drug-likeness (QED) is 0.623. The van der Waals surface area contributed by atoms with Gasteiger partial charge in [-0.2, -0.15) is 0 Å². The van der Waals surface area contributed by atoms with E-state index < -0.39 is 11.8 Å². The molecular weight excluding hydrogens is 426 g/mol. The van der Waals surface area contributed by atoms with Crippen LogP contribution in [0.4, 0.5) is 5.69 Å². The van der Waals surface area contributed by atoms with Gasteiger partial charge in [0.25, 0.3) is 11.8 Å². The van der Waals surface area contributed by atoms with Gasteiger partial charge in [0.2, 0.25) is 0 Å². The second-order valence-electron chi connectivity index (χ2n) is 8.57. The Morgan fingerprint density at radius 1 is 0.906 bits per heavy atom. The summed E-state index contributed by atoms with van der Waals surface area (Å²) in [5, 5.41) is -0.0611. The van der Waals surface area contributed by atoms with Crippen LogP contribution >= 0.6 is 11.6 Å². The molecule has 2 aliphatic heterocycles. The number of hydrogen-bond acceptors (Lipinski definition) is 5. The van der Waals surface area contributed by atoms with E-state index in [9.17, 15) is 9.59 Å². The van der Waals surface area contributed by atoms with Gasteiger partial charge in [0.1, 0.15) is 10.8 Å². The number of ether oxygens (including phenoxy) is 1. The van der Waals surface area contributed by atoms with E-state index in [4.69, 9.17) is 16.3 Å². The maximum Gasteiger partial charge on any atom is 0.277 e. The third-order valence-electron chi connectivity index (χ3n) is 5.74. The highest BCUT2D eigenvalue weighted by Gasteiger charge is 2.39. The molecule has 0 aliphatic carbocycles. The molecule has 7 heteroatoms. The van der Waals surface area contributed by atoms with Gasteiger partial charge in [-0.05, 0) is 56.3 Å². The number of anilines is 1. The average Bonchev–Trinajstić information content (AvgIpc) is 2.99. The van der Waals surface area contributed by atoms with Crippen molar-refractivity contribution in [3.63, 3.8) is 0 Å². The van der Waals surface area contributed by atoms with Gasteiger partial charge in [-0.15, -0.1) is 0 Å². The summed E-state index contributed by atoms with van der Waals surface area (Å²) in [5.74, 6) is -0.213. The van der Waals surface area contributed by atoms with Gasteiger partial charge in [-0.25, -0.2) is 4.90 Å². The van der Waals surface area contributed by atoms with Gasteiger partial charge in [0.15, 0.2) is 0 Å². The van der Waals surface area contributed by atoms with E-state index in [1.54, 1.807) is 24.3 Å². The Labute approximate surface area is 194 Å². The molecule has 32 heavy (non-hydrogen) atoms. The van der Waals surface area contributed by atoms with E-state index in [0.29, 0.717) is 17.0 Å². The number of carbonyl (C=O) groups is 2. The molecule has 0 atom stereocenters. The summed E-state index contributed by atoms with van der Waals surface area (Å²) in [4.78, 5) is 31.8. The minimum absolute atomic E-state index is 0.0491. The van der Waals surface area contributed by atoms with Crippen molar-refractivity contribution in [3.8, 4) is 5.75 Å². The molecule has 2 aromatic rings. The van der Waals surface area contributed by atoms with Crippen molar-refractivity contribution >= 4 is 34.7 Å². The van der Waals surface area contributed by atoms with Gasteiger partial charge in [0.05, 0.1) is 17.4 Å². The fraction of sp³-hybridized carbons (Fsp3) is 0.360. The molecule has 2 heterocycles. The molecule has 0 bridgehead atoms. The van der Waals surface area contributed by atoms with Crippen molar-refractivity contribution in [1.82, 2.24) is 9.80 Å². The summed E-state index contributed by atoms with van der Waals surface area (Å²) < 4.78 is 5.65. The van der Waals surface area contributed by atoms with E-state index in [1.807, 2.05) is 38.1 Å². The monoisotopic (exact) mass is 453 g/mol. The van der Waals surface area contributed by atoms with E-state index in [0.717, 1.165) is 43.2 Å². The molecule has 0 saturated carbocycles. The number of benzene rings is 2. The highest BCUT2D eigenvalue weighted by molar-refractivity contribution is 6.60. The van der Waals surface area contributed by atoms with E-state index in [1.165, 1.54) is 0 Å². The van der Waals surface area contributed by atoms with E-state index in [2.05, 4.69) is 16.8 Å². The summed E-state index contributed by atoms with van der Waals surface area (Å²) in [5.41, 5.74) is 2.49. The zero-order valence-corrected chi connectivity index (χ0v) is 19.4. The molecule has 168 valence electrons. The number of halogens is 1. The SMILES string of the molecule is CC(C)Oc1ccc(C2=C(Cl)C(=O)N(c3ccc(CN4CCN(C)CC4)cc3)C2=O)cc1. The van der Waals surface area contributed by atoms with Crippen LogP contribution in [-0.2, 0) is 16.1 Å². The fourth-order valence-electron chi connectivity index (χ4n) is 3.97. The highest BCUT2D eigenvalue weighted by Crippen LogP contribution is 2.35. The first-order chi connectivity index (χ1) is 15.3. The summed E-state index contributed by atoms with van der Waals surface area (Å²) in [6.07, 6.45) is 0.0491. The van der Waals surface area contributed by atoms with Crippen molar-refractivity contribution in [1.29, 1.82) is 0 Å². The number of imide groups is 1. The molecule has 2 amide bonds. The lowest BCUT2D eigenvalue weighted by molar-refractivity contribution is -0.119. The molecule has 2 aromatic carbocycles. The van der Waals surface area contributed by atoms with Crippen LogP contribution in [0.15, 0.2) is 53.6 Å². The molecule has 1 fully saturated rings. The maximum atomic E-state index is 13.1. The predicted octanol–water partition coefficient (Wildman–Crippen LogP) is 3.74. The zero-order valence-electron chi connectivity index (χ0n) is 18.7. The maximum absolute atomic E-state index is 13.1. The predicted molar refractivity (Wildman–Crippen MR) is 127 cm³/mol. The minimum Gasteiger partial charge on any atom is -0.491 e. The van der Waals surface area contributed by atoms with Gasteiger partial charge in [-0.1, -0.05) is 35.9 Å². The minimum atomic E-state index is -0.499. The largest absolute Gasteiger partial charge is 0.491 e. The lowest BCUT2D eigenvalue weighted by Gasteiger charge is -2.32. The lowest BCUT2D eigenvalue weighted by atomic mass is 10.1. The number of rotatable bonds is 6. The molecule has 0 spiro atoms. The number of hydrogen-bond donors (Lipinski definition) is 0. The molecule has 4 rings (SSSR count). The van der Waals surface area contributed by atoms with Crippen LogP contribution in [-0.4, -0.2) is 60.9 Å². The number of amides is 2. The Balaban J connectivity index is 1.48. The van der Waals surface area contributed by atoms with E-state index in [-0.39, 0.29) is 16.7 Å². The number of likely N-dealkylation sites (N-methyl/N-ethyl adjacent to an activating group) is 1. The lowest BCUT2D eigenvalue weighted by Crippen LogP contribution is -2.43. The molecule has 6 nitrogen and oxygen atoms in total. The normalized spacial score (nSPS) is 18.2. The average molecular weight is 454 g/mol. The third-order valence-corrected chi connectivity index (χ3v) is 6.09. The summed E-state index contributed by atoms with van der Waals surface area (Å²) in [6.45, 7) is 8.93. The van der Waals surface area contributed by atoms with Crippen LogP contribution < -0.4 is 9.64 Å². The molecule has 0 radical (unpaired) electrons. The Morgan fingerprint density at radius 2 is 1.53 bits per heavy atom. The van der Waals surface area contributed by atoms with Gasteiger partial charge in [-0.3, -0.25) is 14.5 Å². The van der Waals surface area contributed by atoms with E-state index >= 15 is 0 Å². The van der Waals surface area contributed by atoms with Crippen LogP contribution in [0, 0.1) is 0 Å². The Morgan fingerprint density at radius 3 is 2.12 bits per heavy atom. The zero-order chi connectivity index (χ0) is 22.8. The Bertz CT molecular complexity index is 1020. The van der Waals surface area contributed by atoms with Gasteiger partial charge < -0.3 is 9.64 Å². The third kappa shape index (κ3) is 4.72. The Kier molecular flexibility index (Phi) is 6.65. The van der Waals surface area contributed by atoms with Crippen LogP contribution in [0.3, 0.4) is 0 Å². The van der Waals surface area contributed by atoms with Crippen LogP contribution in [0.1, 0.15) is 25.0 Å². The first-order valence-electron chi connectivity index (χ1n) is 10.9. The smallest absolute Gasteiger partial charge is 0.277 e. The Hall–Kier alpha value is -2.67. The second-order valence-corrected chi connectivity index (χ2v) is 8.95.